The first-order valence-electron chi connectivity index (χ1n) is 8.48. The summed E-state index contributed by atoms with van der Waals surface area (Å²) < 4.78 is 5.30. The number of aromatic nitrogens is 3. The van der Waals surface area contributed by atoms with Crippen molar-refractivity contribution in [3.63, 3.8) is 0 Å². The lowest BCUT2D eigenvalue weighted by Crippen LogP contribution is -2.41. The van der Waals surface area contributed by atoms with E-state index in [4.69, 9.17) is 4.74 Å². The van der Waals surface area contributed by atoms with Crippen molar-refractivity contribution in [3.05, 3.63) is 35.5 Å². The van der Waals surface area contributed by atoms with Gasteiger partial charge in [-0.25, -0.2) is 4.98 Å². The van der Waals surface area contributed by atoms with Crippen molar-refractivity contribution < 1.29 is 9.53 Å². The highest BCUT2D eigenvalue weighted by molar-refractivity contribution is 7.15. The molecule has 0 saturated carbocycles. The molecule has 4 rings (SSSR count). The molecule has 7 nitrogen and oxygen atoms in total. The molecule has 0 unspecified atom stereocenters. The van der Waals surface area contributed by atoms with Gasteiger partial charge in [-0.2, -0.15) is 0 Å². The van der Waals surface area contributed by atoms with E-state index >= 15 is 0 Å². The summed E-state index contributed by atoms with van der Waals surface area (Å²) in [4.78, 5) is 19.7. The van der Waals surface area contributed by atoms with Gasteiger partial charge >= 0.3 is 0 Å². The number of benzene rings is 1. The average Bonchev–Trinajstić information content (AvgIpc) is 3.08. The Morgan fingerprint density at radius 3 is 2.88 bits per heavy atom. The van der Waals surface area contributed by atoms with Gasteiger partial charge in [0, 0.05) is 24.7 Å². The summed E-state index contributed by atoms with van der Waals surface area (Å²) in [7, 11) is 0. The van der Waals surface area contributed by atoms with Gasteiger partial charge in [-0.05, 0) is 30.7 Å². The zero-order chi connectivity index (χ0) is 17.9. The average molecular weight is 369 g/mol. The number of thiazole rings is 1. The Labute approximate surface area is 155 Å². The first-order valence-corrected chi connectivity index (χ1v) is 9.29. The minimum absolute atomic E-state index is 0.0882. The van der Waals surface area contributed by atoms with Crippen LogP contribution in [0, 0.1) is 6.92 Å². The zero-order valence-corrected chi connectivity index (χ0v) is 15.3. The summed E-state index contributed by atoms with van der Waals surface area (Å²) in [5.74, 6) is 0.378. The highest BCUT2D eigenvalue weighted by atomic mass is 32.1. The summed E-state index contributed by atoms with van der Waals surface area (Å²) >= 11 is 1.65. The zero-order valence-electron chi connectivity index (χ0n) is 14.4. The lowest BCUT2D eigenvalue weighted by atomic mass is 10.1. The number of carbonyl (C=O) groups is 1. The van der Waals surface area contributed by atoms with Crippen molar-refractivity contribution in [1.29, 1.82) is 0 Å². The third-order valence-corrected chi connectivity index (χ3v) is 5.19. The third-order valence-electron chi connectivity index (χ3n) is 4.23. The number of fused-ring (bicyclic) bond motifs is 1. The summed E-state index contributed by atoms with van der Waals surface area (Å²) in [5.41, 5.74) is 1.88. The second kappa shape index (κ2) is 7.45. The van der Waals surface area contributed by atoms with Crippen LogP contribution in [0.25, 0.3) is 21.3 Å². The molecule has 1 amide bonds. The maximum absolute atomic E-state index is 12.2. The molecule has 1 aliphatic rings. The molecular weight excluding hydrogens is 350 g/mol. The molecule has 0 radical (unpaired) electrons. The predicted molar refractivity (Wildman–Crippen MR) is 101 cm³/mol. The van der Waals surface area contributed by atoms with E-state index in [1.807, 2.05) is 31.3 Å². The smallest absolute Gasteiger partial charge is 0.239 e. The third kappa shape index (κ3) is 3.87. The van der Waals surface area contributed by atoms with Crippen LogP contribution in [0.5, 0.6) is 0 Å². The number of amides is 1. The van der Waals surface area contributed by atoms with Gasteiger partial charge < -0.3 is 10.1 Å². The molecular formula is C18H19N5O2S. The fraction of sp³-hybridized carbons (Fsp3) is 0.333. The molecule has 0 spiro atoms. The molecule has 0 bridgehead atoms. The van der Waals surface area contributed by atoms with Crippen LogP contribution >= 0.6 is 11.3 Å². The normalized spacial score (nSPS) is 15.3. The van der Waals surface area contributed by atoms with E-state index in [0.717, 1.165) is 39.4 Å². The molecule has 2 aromatic heterocycles. The van der Waals surface area contributed by atoms with Crippen LogP contribution < -0.4 is 5.32 Å². The molecule has 3 aromatic rings. The van der Waals surface area contributed by atoms with Gasteiger partial charge in [0.05, 0.1) is 35.2 Å². The number of nitrogens with one attached hydrogen (secondary N) is 1. The number of rotatable bonds is 4. The van der Waals surface area contributed by atoms with Gasteiger partial charge in [-0.15, -0.1) is 21.5 Å². The van der Waals surface area contributed by atoms with Crippen molar-refractivity contribution in [2.45, 2.75) is 6.92 Å². The van der Waals surface area contributed by atoms with Crippen LogP contribution in [0.3, 0.4) is 0 Å². The van der Waals surface area contributed by atoms with Gasteiger partial charge in [0.2, 0.25) is 5.91 Å². The molecule has 1 saturated heterocycles. The van der Waals surface area contributed by atoms with Crippen LogP contribution in [-0.4, -0.2) is 58.8 Å². The SMILES string of the molecule is Cc1ncc(-c2ccc3nnc(NC(=O)CN4CCOCC4)cc3c2)s1. The second-order valence-corrected chi connectivity index (χ2v) is 7.42. The number of aryl methyl sites for hydroxylation is 1. The Balaban J connectivity index is 1.51. The number of hydrogen-bond acceptors (Lipinski definition) is 7. The number of hydrogen-bond donors (Lipinski definition) is 1. The van der Waals surface area contributed by atoms with Gasteiger partial charge in [0.25, 0.3) is 0 Å². The minimum Gasteiger partial charge on any atom is -0.379 e. The summed E-state index contributed by atoms with van der Waals surface area (Å²) in [5, 5.41) is 13.1. The lowest BCUT2D eigenvalue weighted by molar-refractivity contribution is -0.118. The predicted octanol–water partition coefficient (Wildman–Crippen LogP) is 2.33. The van der Waals surface area contributed by atoms with E-state index in [-0.39, 0.29) is 5.91 Å². The summed E-state index contributed by atoms with van der Waals surface area (Å²) in [6.07, 6.45) is 1.88. The highest BCUT2D eigenvalue weighted by Gasteiger charge is 2.15. The van der Waals surface area contributed by atoms with E-state index in [9.17, 15) is 4.79 Å². The van der Waals surface area contributed by atoms with Crippen molar-refractivity contribution in [3.8, 4) is 10.4 Å². The van der Waals surface area contributed by atoms with Gasteiger partial charge in [0.1, 0.15) is 0 Å². The van der Waals surface area contributed by atoms with Crippen LogP contribution in [0.4, 0.5) is 5.82 Å². The fourth-order valence-electron chi connectivity index (χ4n) is 2.90. The molecule has 0 aliphatic carbocycles. The number of ether oxygens (including phenoxy) is 1. The molecule has 1 aliphatic heterocycles. The number of anilines is 1. The van der Waals surface area contributed by atoms with E-state index in [1.54, 1.807) is 11.3 Å². The molecule has 26 heavy (non-hydrogen) atoms. The largest absolute Gasteiger partial charge is 0.379 e. The van der Waals surface area contributed by atoms with Crippen LogP contribution in [-0.2, 0) is 9.53 Å². The maximum atomic E-state index is 12.2. The Morgan fingerprint density at radius 1 is 1.27 bits per heavy atom. The Bertz CT molecular complexity index is 936. The Hall–Kier alpha value is -2.42. The van der Waals surface area contributed by atoms with E-state index < -0.39 is 0 Å². The monoisotopic (exact) mass is 369 g/mol. The molecule has 134 valence electrons. The molecule has 0 atom stereocenters. The number of carbonyl (C=O) groups excluding carboxylic acids is 1. The van der Waals surface area contributed by atoms with Gasteiger partial charge in [-0.3, -0.25) is 9.69 Å². The van der Waals surface area contributed by atoms with Crippen molar-refractivity contribution >= 4 is 34.0 Å². The van der Waals surface area contributed by atoms with Crippen LogP contribution in [0.1, 0.15) is 5.01 Å². The Morgan fingerprint density at radius 2 is 2.12 bits per heavy atom. The van der Waals surface area contributed by atoms with Crippen molar-refractivity contribution in [2.75, 3.05) is 38.2 Å². The molecule has 1 N–H and O–H groups in total. The number of morpholine rings is 1. The fourth-order valence-corrected chi connectivity index (χ4v) is 3.67. The standard InChI is InChI=1S/C18H19N5O2S/c1-12-19-10-16(26-12)13-2-3-15-14(8-13)9-17(22-21-15)20-18(24)11-23-4-6-25-7-5-23/h2-3,8-10H,4-7,11H2,1H3,(H,20,22,24). The van der Waals surface area contributed by atoms with Crippen LogP contribution in [0.15, 0.2) is 30.5 Å². The topological polar surface area (TPSA) is 80.2 Å². The summed E-state index contributed by atoms with van der Waals surface area (Å²) in [6.45, 7) is 5.21. The quantitative estimate of drug-likeness (QED) is 0.760. The number of nitrogens with zero attached hydrogens (tertiary/aromatic N) is 4. The minimum atomic E-state index is -0.0882. The first-order chi connectivity index (χ1) is 12.7. The van der Waals surface area contributed by atoms with E-state index in [1.165, 1.54) is 0 Å². The van der Waals surface area contributed by atoms with E-state index in [2.05, 4.69) is 31.5 Å². The summed E-state index contributed by atoms with van der Waals surface area (Å²) in [6, 6.07) is 7.86. The lowest BCUT2D eigenvalue weighted by Gasteiger charge is -2.25. The van der Waals surface area contributed by atoms with Crippen molar-refractivity contribution in [2.24, 2.45) is 0 Å². The first kappa shape index (κ1) is 17.0. The molecule has 1 fully saturated rings. The molecule has 3 heterocycles. The van der Waals surface area contributed by atoms with Gasteiger partial charge in [-0.1, -0.05) is 6.07 Å². The second-order valence-electron chi connectivity index (χ2n) is 6.18. The van der Waals surface area contributed by atoms with E-state index in [0.29, 0.717) is 25.6 Å². The van der Waals surface area contributed by atoms with Crippen LogP contribution in [0.2, 0.25) is 0 Å². The Kier molecular flexibility index (Phi) is 4.87. The molecule has 1 aromatic carbocycles. The highest BCUT2D eigenvalue weighted by Crippen LogP contribution is 2.28. The maximum Gasteiger partial charge on any atom is 0.239 e. The van der Waals surface area contributed by atoms with Crippen molar-refractivity contribution in [1.82, 2.24) is 20.1 Å². The van der Waals surface area contributed by atoms with Gasteiger partial charge in [0.15, 0.2) is 5.82 Å². The molecule has 8 heteroatoms.